The van der Waals surface area contributed by atoms with Crippen molar-refractivity contribution < 1.29 is 28.7 Å². The highest BCUT2D eigenvalue weighted by Crippen LogP contribution is 2.20. The molecule has 0 aliphatic carbocycles. The highest BCUT2D eigenvalue weighted by molar-refractivity contribution is 5.87. The number of carbonyl (C=O) groups excluding carboxylic acids is 4. The Labute approximate surface area is 304 Å². The number of nitrogens with one attached hydrogen (secondary N) is 2. The minimum absolute atomic E-state index is 0.0184. The molecule has 0 bridgehead atoms. The molecule has 0 aromatic carbocycles. The summed E-state index contributed by atoms with van der Waals surface area (Å²) in [5, 5.41) is 5.71. The molecule has 11 nitrogen and oxygen atoms in total. The molecule has 0 radical (unpaired) electrons. The molecule has 0 aliphatic rings. The van der Waals surface area contributed by atoms with Gasteiger partial charge < -0.3 is 31.6 Å². The molecule has 50 heavy (non-hydrogen) atoms. The van der Waals surface area contributed by atoms with Gasteiger partial charge in [0.1, 0.15) is 6.04 Å². The molecule has 292 valence electrons. The van der Waals surface area contributed by atoms with E-state index >= 15 is 0 Å². The van der Waals surface area contributed by atoms with Crippen molar-refractivity contribution in [2.75, 3.05) is 26.3 Å². The summed E-state index contributed by atoms with van der Waals surface area (Å²) >= 11 is 0. The van der Waals surface area contributed by atoms with E-state index in [1.807, 2.05) is 0 Å². The highest BCUT2D eigenvalue weighted by atomic mass is 16.5. The zero-order valence-electron chi connectivity index (χ0n) is 32.4. The Balaban J connectivity index is 4.56. The summed E-state index contributed by atoms with van der Waals surface area (Å²) in [6, 6.07) is -0.770. The topological polar surface area (TPSA) is 175 Å². The first-order valence-electron chi connectivity index (χ1n) is 20.2. The van der Waals surface area contributed by atoms with Gasteiger partial charge in [0.05, 0.1) is 25.0 Å². The number of amides is 2. The summed E-state index contributed by atoms with van der Waals surface area (Å²) in [6.07, 6.45) is 20.7. The molecule has 0 aliphatic heterocycles. The second kappa shape index (κ2) is 33.3. The van der Waals surface area contributed by atoms with Crippen LogP contribution in [0, 0.1) is 11.8 Å². The first kappa shape index (κ1) is 47.1. The first-order valence-corrected chi connectivity index (χ1v) is 20.2. The molecule has 0 rings (SSSR count). The van der Waals surface area contributed by atoms with Crippen molar-refractivity contribution in [2.45, 2.75) is 181 Å². The van der Waals surface area contributed by atoms with Gasteiger partial charge in [-0.25, -0.2) is 0 Å². The van der Waals surface area contributed by atoms with E-state index in [0.29, 0.717) is 45.4 Å². The van der Waals surface area contributed by atoms with E-state index in [9.17, 15) is 19.2 Å². The maximum absolute atomic E-state index is 13.0. The van der Waals surface area contributed by atoms with E-state index in [4.69, 9.17) is 20.9 Å². The van der Waals surface area contributed by atoms with Crippen molar-refractivity contribution in [1.29, 1.82) is 0 Å². The maximum Gasteiger partial charge on any atom is 0.308 e. The van der Waals surface area contributed by atoms with Gasteiger partial charge in [0.15, 0.2) is 5.96 Å². The Morgan fingerprint density at radius 1 is 0.580 bits per heavy atom. The van der Waals surface area contributed by atoms with Gasteiger partial charge in [0.2, 0.25) is 11.8 Å². The van der Waals surface area contributed by atoms with Crippen LogP contribution < -0.4 is 22.1 Å². The molecule has 6 N–H and O–H groups in total. The molecule has 11 heteroatoms. The predicted octanol–water partition coefficient (Wildman–Crippen LogP) is 7.23. The van der Waals surface area contributed by atoms with Crippen LogP contribution >= 0.6 is 0 Å². The minimum Gasteiger partial charge on any atom is -0.465 e. The zero-order chi connectivity index (χ0) is 37.2. The molecule has 0 aromatic rings. The van der Waals surface area contributed by atoms with Gasteiger partial charge in [-0.3, -0.25) is 24.2 Å². The Morgan fingerprint density at radius 3 is 1.56 bits per heavy atom. The Morgan fingerprint density at radius 2 is 1.06 bits per heavy atom. The van der Waals surface area contributed by atoms with E-state index < -0.39 is 6.04 Å². The van der Waals surface area contributed by atoms with Crippen LogP contribution in [0.5, 0.6) is 0 Å². The lowest BCUT2D eigenvalue weighted by atomic mass is 9.95. The molecule has 3 atom stereocenters. The largest absolute Gasteiger partial charge is 0.465 e. The van der Waals surface area contributed by atoms with Crippen molar-refractivity contribution >= 4 is 29.7 Å². The fraction of sp³-hybridized carbons (Fsp3) is 0.872. The summed E-state index contributed by atoms with van der Waals surface area (Å²) in [6.45, 7) is 9.93. The molecule has 0 saturated heterocycles. The third kappa shape index (κ3) is 26.9. The molecule has 0 heterocycles. The average Bonchev–Trinajstić information content (AvgIpc) is 3.09. The smallest absolute Gasteiger partial charge is 0.308 e. The second-order valence-corrected chi connectivity index (χ2v) is 13.7. The fourth-order valence-electron chi connectivity index (χ4n) is 5.86. The number of nitrogens with zero attached hydrogens (tertiary/aromatic N) is 1. The number of carbonyl (C=O) groups is 4. The molecule has 2 amide bonds. The van der Waals surface area contributed by atoms with Gasteiger partial charge in [-0.2, -0.15) is 0 Å². The molecule has 0 saturated carbocycles. The van der Waals surface area contributed by atoms with Crippen LogP contribution in [-0.4, -0.2) is 62.1 Å². The van der Waals surface area contributed by atoms with E-state index in [1.54, 1.807) is 0 Å². The zero-order valence-corrected chi connectivity index (χ0v) is 32.4. The molecular weight excluding hydrogens is 634 g/mol. The first-order chi connectivity index (χ1) is 24.2. The standard InChI is InChI=1S/C39H75N5O6/c1-5-9-13-16-24-32(22-11-7-3)37(47)49-30-20-15-18-26-35(45)44-34(27-29-43-39(40)41)36(46)42-28-19-21-31-50-38(48)33(23-12-8-4)25-17-14-10-6-2/h32-34H,5-31H2,1-4H3,(H,42,46)(H,44,45)(H4,40,41,43)/t32?,33?,34-/m0/s1. The Hall–Kier alpha value is -2.85. The van der Waals surface area contributed by atoms with E-state index in [1.165, 1.54) is 25.7 Å². The molecule has 0 aromatic heterocycles. The molecule has 2 unspecified atom stereocenters. The number of esters is 2. The van der Waals surface area contributed by atoms with Crippen LogP contribution in [0.15, 0.2) is 4.99 Å². The van der Waals surface area contributed by atoms with Crippen LogP contribution in [0.1, 0.15) is 175 Å². The average molecular weight is 710 g/mol. The summed E-state index contributed by atoms with van der Waals surface area (Å²) in [7, 11) is 0. The van der Waals surface area contributed by atoms with Crippen LogP contribution in [-0.2, 0) is 28.7 Å². The number of guanidine groups is 1. The highest BCUT2D eigenvalue weighted by Gasteiger charge is 2.22. The van der Waals surface area contributed by atoms with Gasteiger partial charge in [0.25, 0.3) is 0 Å². The quantitative estimate of drug-likeness (QED) is 0.0234. The molecule has 0 fully saturated rings. The summed E-state index contributed by atoms with van der Waals surface area (Å²) in [4.78, 5) is 55.0. The lowest BCUT2D eigenvalue weighted by Gasteiger charge is -2.18. The van der Waals surface area contributed by atoms with Gasteiger partial charge in [-0.05, 0) is 64.2 Å². The number of unbranched alkanes of at least 4 members (excludes halogenated alkanes) is 11. The normalized spacial score (nSPS) is 12.8. The van der Waals surface area contributed by atoms with Crippen LogP contribution in [0.3, 0.4) is 0 Å². The van der Waals surface area contributed by atoms with Crippen molar-refractivity contribution in [1.82, 2.24) is 10.6 Å². The number of rotatable bonds is 34. The SMILES string of the molecule is CCCCCCC(CCCC)C(=O)OCCCCCC(=O)N[C@@H](CCN=C(N)N)C(=O)NCCCCOC(=O)C(CCCC)CCCCCC. The number of aliphatic imine (C=N–C) groups is 1. The van der Waals surface area contributed by atoms with Gasteiger partial charge in [-0.1, -0.05) is 105 Å². The predicted molar refractivity (Wildman–Crippen MR) is 203 cm³/mol. The number of ether oxygens (including phenoxy) is 2. The molecule has 0 spiro atoms. The lowest BCUT2D eigenvalue weighted by Crippen LogP contribution is -2.47. The number of hydrogen-bond donors (Lipinski definition) is 4. The van der Waals surface area contributed by atoms with Crippen LogP contribution in [0.2, 0.25) is 0 Å². The Kier molecular flexibility index (Phi) is 31.4. The van der Waals surface area contributed by atoms with Gasteiger partial charge >= 0.3 is 11.9 Å². The number of hydrogen-bond acceptors (Lipinski definition) is 7. The summed E-state index contributed by atoms with van der Waals surface area (Å²) in [5.74, 6) is -0.840. The van der Waals surface area contributed by atoms with Crippen LogP contribution in [0.4, 0.5) is 0 Å². The van der Waals surface area contributed by atoms with E-state index in [0.717, 1.165) is 83.5 Å². The lowest BCUT2D eigenvalue weighted by molar-refractivity contribution is -0.150. The number of nitrogens with two attached hydrogens (primary N) is 2. The third-order valence-electron chi connectivity index (χ3n) is 9.06. The monoisotopic (exact) mass is 710 g/mol. The van der Waals surface area contributed by atoms with E-state index in [-0.39, 0.29) is 60.9 Å². The van der Waals surface area contributed by atoms with Gasteiger partial charge in [-0.15, -0.1) is 0 Å². The fourth-order valence-corrected chi connectivity index (χ4v) is 5.86. The van der Waals surface area contributed by atoms with E-state index in [2.05, 4.69) is 43.3 Å². The Bertz CT molecular complexity index is 911. The second-order valence-electron chi connectivity index (χ2n) is 13.7. The van der Waals surface area contributed by atoms with Crippen molar-refractivity contribution in [3.05, 3.63) is 0 Å². The van der Waals surface area contributed by atoms with Crippen LogP contribution in [0.25, 0.3) is 0 Å². The van der Waals surface area contributed by atoms with Crippen molar-refractivity contribution in [2.24, 2.45) is 28.3 Å². The van der Waals surface area contributed by atoms with Crippen molar-refractivity contribution in [3.63, 3.8) is 0 Å². The summed E-state index contributed by atoms with van der Waals surface area (Å²) in [5.41, 5.74) is 10.9. The molecular formula is C39H75N5O6. The minimum atomic E-state index is -0.770. The van der Waals surface area contributed by atoms with Gasteiger partial charge in [0, 0.05) is 19.5 Å². The maximum atomic E-state index is 13.0. The summed E-state index contributed by atoms with van der Waals surface area (Å²) < 4.78 is 11.2. The van der Waals surface area contributed by atoms with Crippen molar-refractivity contribution in [3.8, 4) is 0 Å². The third-order valence-corrected chi connectivity index (χ3v) is 9.06.